The Morgan fingerprint density at radius 3 is 2.55 bits per heavy atom. The summed E-state index contributed by atoms with van der Waals surface area (Å²) in [5.74, 6) is -0.132. The van der Waals surface area contributed by atoms with Gasteiger partial charge in [-0.1, -0.05) is 18.2 Å². The van der Waals surface area contributed by atoms with Gasteiger partial charge in [-0.15, -0.1) is 0 Å². The van der Waals surface area contributed by atoms with Crippen molar-refractivity contribution in [2.45, 2.75) is 19.5 Å². The van der Waals surface area contributed by atoms with Crippen LogP contribution in [0, 0.1) is 11.3 Å². The number of hydrogen-bond donors (Lipinski definition) is 1. The van der Waals surface area contributed by atoms with Gasteiger partial charge in [0.15, 0.2) is 0 Å². The summed E-state index contributed by atoms with van der Waals surface area (Å²) in [5, 5.41) is 11.8. The van der Waals surface area contributed by atoms with E-state index >= 15 is 0 Å². The van der Waals surface area contributed by atoms with Gasteiger partial charge in [-0.3, -0.25) is 14.5 Å². The van der Waals surface area contributed by atoms with Crippen molar-refractivity contribution in [3.8, 4) is 6.07 Å². The van der Waals surface area contributed by atoms with Gasteiger partial charge in [0, 0.05) is 69.3 Å². The van der Waals surface area contributed by atoms with Gasteiger partial charge in [0.1, 0.15) is 0 Å². The highest BCUT2D eigenvalue weighted by atomic mass is 16.2. The van der Waals surface area contributed by atoms with E-state index in [1.54, 1.807) is 36.8 Å². The summed E-state index contributed by atoms with van der Waals surface area (Å²) in [5.41, 5.74) is 3.01. The van der Waals surface area contributed by atoms with E-state index in [4.69, 9.17) is 5.26 Å². The third-order valence-electron chi connectivity index (χ3n) is 5.70. The van der Waals surface area contributed by atoms with Crippen molar-refractivity contribution in [1.82, 2.24) is 19.4 Å². The van der Waals surface area contributed by atoms with Crippen molar-refractivity contribution in [3.05, 3.63) is 83.9 Å². The average molecular weight is 443 g/mol. The van der Waals surface area contributed by atoms with Gasteiger partial charge in [0.05, 0.1) is 18.0 Å². The molecule has 168 valence electrons. The van der Waals surface area contributed by atoms with E-state index in [1.807, 2.05) is 39.9 Å². The van der Waals surface area contributed by atoms with Crippen molar-refractivity contribution in [1.29, 1.82) is 5.26 Å². The summed E-state index contributed by atoms with van der Waals surface area (Å²) < 4.78 is 1.85. The van der Waals surface area contributed by atoms with Crippen LogP contribution in [0.15, 0.2) is 67.3 Å². The highest BCUT2D eigenvalue weighted by Gasteiger charge is 2.22. The summed E-state index contributed by atoms with van der Waals surface area (Å²) in [6.45, 7) is 4.23. The molecule has 2 heterocycles. The molecular formula is C25H26N6O2. The zero-order valence-corrected chi connectivity index (χ0v) is 18.4. The van der Waals surface area contributed by atoms with Crippen molar-refractivity contribution >= 4 is 17.5 Å². The highest BCUT2D eigenvalue weighted by molar-refractivity contribution is 5.97. The van der Waals surface area contributed by atoms with Crippen LogP contribution in [0.4, 0.5) is 5.69 Å². The number of aryl methyl sites for hydroxylation is 1. The number of rotatable bonds is 7. The molecule has 33 heavy (non-hydrogen) atoms. The lowest BCUT2D eigenvalue weighted by Gasteiger charge is -2.34. The number of benzene rings is 2. The van der Waals surface area contributed by atoms with Gasteiger partial charge in [0.2, 0.25) is 5.91 Å². The van der Waals surface area contributed by atoms with Crippen LogP contribution >= 0.6 is 0 Å². The monoisotopic (exact) mass is 442 g/mol. The molecule has 0 spiro atoms. The molecule has 4 rings (SSSR count). The molecule has 2 amide bonds. The van der Waals surface area contributed by atoms with Crippen LogP contribution in [0.1, 0.15) is 27.9 Å². The Hall–Kier alpha value is -3.96. The van der Waals surface area contributed by atoms with Gasteiger partial charge < -0.3 is 14.8 Å². The highest BCUT2D eigenvalue weighted by Crippen LogP contribution is 2.16. The van der Waals surface area contributed by atoms with Crippen LogP contribution in [0.2, 0.25) is 0 Å². The number of imidazole rings is 1. The van der Waals surface area contributed by atoms with Crippen molar-refractivity contribution in [3.63, 3.8) is 0 Å². The first-order valence-electron chi connectivity index (χ1n) is 11.0. The number of carbonyl (C=O) groups excluding carboxylic acids is 2. The molecule has 8 nitrogen and oxygen atoms in total. The summed E-state index contributed by atoms with van der Waals surface area (Å²) in [6.07, 6.45) is 5.50. The van der Waals surface area contributed by atoms with E-state index in [0.717, 1.165) is 25.2 Å². The zero-order chi connectivity index (χ0) is 23.0. The van der Waals surface area contributed by atoms with Gasteiger partial charge in [-0.25, -0.2) is 4.98 Å². The second kappa shape index (κ2) is 10.6. The Morgan fingerprint density at radius 2 is 1.85 bits per heavy atom. The molecule has 1 N–H and O–H groups in total. The molecule has 1 aliphatic heterocycles. The Bertz CT molecular complexity index is 1130. The lowest BCUT2D eigenvalue weighted by molar-refractivity contribution is -0.116. The minimum absolute atomic E-state index is 0.0254. The standard InChI is InChI=1S/C25H26N6O2/c26-17-20-4-6-21(7-5-20)18-29-12-14-31(15-13-29)25(33)22-2-1-3-23(16-22)28-24(32)8-10-30-11-9-27-19-30/h1-7,9,11,16,19H,8,10,12-15,18H2,(H,28,32). The van der Waals surface area contributed by atoms with Gasteiger partial charge >= 0.3 is 0 Å². The Kier molecular flexibility index (Phi) is 7.12. The molecule has 8 heteroatoms. The third-order valence-corrected chi connectivity index (χ3v) is 5.70. The maximum absolute atomic E-state index is 13.0. The minimum atomic E-state index is -0.107. The normalized spacial score (nSPS) is 14.0. The molecule has 3 aromatic rings. The van der Waals surface area contributed by atoms with Gasteiger partial charge in [-0.2, -0.15) is 5.26 Å². The molecule has 2 aromatic carbocycles. The molecule has 0 radical (unpaired) electrons. The average Bonchev–Trinajstić information content (AvgIpc) is 3.37. The van der Waals surface area contributed by atoms with Gasteiger partial charge in [0.25, 0.3) is 5.91 Å². The topological polar surface area (TPSA) is 94.3 Å². The first-order valence-corrected chi connectivity index (χ1v) is 11.0. The quantitative estimate of drug-likeness (QED) is 0.607. The van der Waals surface area contributed by atoms with E-state index in [1.165, 1.54) is 0 Å². The first kappa shape index (κ1) is 22.2. The molecule has 1 fully saturated rings. The maximum atomic E-state index is 13.0. The smallest absolute Gasteiger partial charge is 0.254 e. The van der Waals surface area contributed by atoms with Crippen molar-refractivity contribution in [2.24, 2.45) is 0 Å². The van der Waals surface area contributed by atoms with E-state index < -0.39 is 0 Å². The van der Waals surface area contributed by atoms with Crippen LogP contribution in [0.25, 0.3) is 0 Å². The molecule has 1 aliphatic rings. The number of piperazine rings is 1. The molecule has 0 bridgehead atoms. The summed E-state index contributed by atoms with van der Waals surface area (Å²) in [4.78, 5) is 33.4. The fourth-order valence-electron chi connectivity index (χ4n) is 3.84. The first-order chi connectivity index (χ1) is 16.1. The van der Waals surface area contributed by atoms with E-state index in [9.17, 15) is 9.59 Å². The van der Waals surface area contributed by atoms with Crippen LogP contribution in [0.3, 0.4) is 0 Å². The fraction of sp³-hybridized carbons (Fsp3) is 0.280. The zero-order valence-electron chi connectivity index (χ0n) is 18.4. The Balaban J connectivity index is 1.27. The van der Waals surface area contributed by atoms with E-state index in [-0.39, 0.29) is 11.8 Å². The van der Waals surface area contributed by atoms with E-state index in [2.05, 4.69) is 21.3 Å². The second-order valence-electron chi connectivity index (χ2n) is 8.06. The maximum Gasteiger partial charge on any atom is 0.254 e. The van der Waals surface area contributed by atoms with Crippen LogP contribution in [-0.2, 0) is 17.9 Å². The lowest BCUT2D eigenvalue weighted by atomic mass is 10.1. The van der Waals surface area contributed by atoms with Crippen LogP contribution in [-0.4, -0.2) is 57.3 Å². The number of nitrogens with one attached hydrogen (secondary N) is 1. The molecule has 1 saturated heterocycles. The summed E-state index contributed by atoms with van der Waals surface area (Å²) in [6, 6.07) is 16.9. The SMILES string of the molecule is N#Cc1ccc(CN2CCN(C(=O)c3cccc(NC(=O)CCn4ccnc4)c3)CC2)cc1. The number of anilines is 1. The number of aromatic nitrogens is 2. The fourth-order valence-corrected chi connectivity index (χ4v) is 3.84. The molecule has 0 saturated carbocycles. The summed E-state index contributed by atoms with van der Waals surface area (Å²) >= 11 is 0. The molecule has 1 aromatic heterocycles. The number of hydrogen-bond acceptors (Lipinski definition) is 5. The van der Waals surface area contributed by atoms with E-state index in [0.29, 0.717) is 42.9 Å². The van der Waals surface area contributed by atoms with Crippen LogP contribution < -0.4 is 5.32 Å². The molecule has 0 atom stereocenters. The molecule has 0 aliphatic carbocycles. The lowest BCUT2D eigenvalue weighted by Crippen LogP contribution is -2.48. The number of nitriles is 1. The third kappa shape index (κ3) is 6.05. The summed E-state index contributed by atoms with van der Waals surface area (Å²) in [7, 11) is 0. The molecule has 0 unspecified atom stereocenters. The Labute approximate surface area is 193 Å². The van der Waals surface area contributed by atoms with Crippen molar-refractivity contribution < 1.29 is 9.59 Å². The Morgan fingerprint density at radius 1 is 1.06 bits per heavy atom. The number of amides is 2. The van der Waals surface area contributed by atoms with Gasteiger partial charge in [-0.05, 0) is 35.9 Å². The van der Waals surface area contributed by atoms with Crippen LogP contribution in [0.5, 0.6) is 0 Å². The molecular weight excluding hydrogens is 416 g/mol. The number of carbonyl (C=O) groups is 2. The number of nitrogens with zero attached hydrogens (tertiary/aromatic N) is 5. The largest absolute Gasteiger partial charge is 0.337 e. The minimum Gasteiger partial charge on any atom is -0.337 e. The predicted octanol–water partition coefficient (Wildman–Crippen LogP) is 2.74. The van der Waals surface area contributed by atoms with Crippen molar-refractivity contribution in [2.75, 3.05) is 31.5 Å². The second-order valence-corrected chi connectivity index (χ2v) is 8.06. The predicted molar refractivity (Wildman–Crippen MR) is 124 cm³/mol.